The molecule has 1 aliphatic heterocycles. The van der Waals surface area contributed by atoms with Gasteiger partial charge in [-0.05, 0) is 48.2 Å². The Balaban J connectivity index is 1.65. The van der Waals surface area contributed by atoms with Gasteiger partial charge in [-0.15, -0.1) is 0 Å². The Morgan fingerprint density at radius 2 is 1.61 bits per heavy atom. The van der Waals surface area contributed by atoms with Gasteiger partial charge in [-0.3, -0.25) is 9.59 Å². The zero-order chi connectivity index (χ0) is 19.3. The first kappa shape index (κ1) is 16.9. The highest BCUT2D eigenvalue weighted by atomic mass is 19.1. The summed E-state index contributed by atoms with van der Waals surface area (Å²) >= 11 is 0. The molecule has 138 valence electrons. The van der Waals surface area contributed by atoms with Gasteiger partial charge in [-0.1, -0.05) is 48.5 Å². The van der Waals surface area contributed by atoms with E-state index in [1.54, 1.807) is 6.07 Å². The third-order valence-corrected chi connectivity index (χ3v) is 6.04. The van der Waals surface area contributed by atoms with Crippen LogP contribution in [0.5, 0.6) is 5.75 Å². The summed E-state index contributed by atoms with van der Waals surface area (Å²) in [5.74, 6) is -0.981. The second-order valence-corrected chi connectivity index (χ2v) is 7.43. The maximum absolute atomic E-state index is 13.5. The van der Waals surface area contributed by atoms with Crippen molar-refractivity contribution in [3.63, 3.8) is 0 Å². The molecule has 1 aliphatic carbocycles. The lowest BCUT2D eigenvalue weighted by atomic mass is 9.47. The molecule has 0 saturated heterocycles. The minimum atomic E-state index is -1.27. The van der Waals surface area contributed by atoms with E-state index in [-0.39, 0.29) is 17.6 Å². The molecule has 0 bridgehead atoms. The fourth-order valence-corrected chi connectivity index (χ4v) is 4.68. The Morgan fingerprint density at radius 3 is 2.36 bits per heavy atom. The van der Waals surface area contributed by atoms with Crippen LogP contribution < -0.4 is 4.74 Å². The smallest absolute Gasteiger partial charge is 0.326 e. The predicted octanol–water partition coefficient (Wildman–Crippen LogP) is 4.89. The van der Waals surface area contributed by atoms with Gasteiger partial charge in [-0.2, -0.15) is 0 Å². The number of esters is 1. The summed E-state index contributed by atoms with van der Waals surface area (Å²) < 4.78 is 18.9. The van der Waals surface area contributed by atoms with Crippen molar-refractivity contribution in [2.75, 3.05) is 0 Å². The summed E-state index contributed by atoms with van der Waals surface area (Å²) in [5, 5.41) is 0. The lowest BCUT2D eigenvalue weighted by molar-refractivity contribution is -0.153. The van der Waals surface area contributed by atoms with Crippen molar-refractivity contribution in [2.45, 2.75) is 18.3 Å². The number of ketones is 1. The molecule has 2 aliphatic rings. The van der Waals surface area contributed by atoms with E-state index in [1.807, 2.05) is 48.5 Å². The van der Waals surface area contributed by atoms with Crippen LogP contribution in [0.25, 0.3) is 0 Å². The summed E-state index contributed by atoms with van der Waals surface area (Å²) in [6, 6.07) is 22.7. The number of hydrogen-bond donors (Lipinski definition) is 0. The quantitative estimate of drug-likeness (QED) is 0.285. The Labute approximate surface area is 161 Å². The van der Waals surface area contributed by atoms with Crippen LogP contribution in [0.4, 0.5) is 4.39 Å². The van der Waals surface area contributed by atoms with Gasteiger partial charge < -0.3 is 4.74 Å². The highest BCUT2D eigenvalue weighted by molar-refractivity contribution is 6.15. The van der Waals surface area contributed by atoms with E-state index < -0.39 is 17.2 Å². The van der Waals surface area contributed by atoms with Crippen molar-refractivity contribution >= 4 is 11.8 Å². The highest BCUT2D eigenvalue weighted by Crippen LogP contribution is 2.66. The molecule has 0 amide bonds. The fraction of sp³-hybridized carbons (Fsp3) is 0.167. The topological polar surface area (TPSA) is 43.4 Å². The van der Waals surface area contributed by atoms with Gasteiger partial charge in [0.2, 0.25) is 0 Å². The molecule has 0 radical (unpaired) electrons. The number of rotatable bonds is 3. The van der Waals surface area contributed by atoms with Crippen molar-refractivity contribution < 1.29 is 18.7 Å². The molecular formula is C24H17FO3. The number of para-hydroxylation sites is 1. The lowest BCUT2D eigenvalue weighted by Crippen LogP contribution is -2.59. The number of ether oxygens (including phenoxy) is 1. The third-order valence-electron chi connectivity index (χ3n) is 6.04. The molecule has 3 aromatic carbocycles. The summed E-state index contributed by atoms with van der Waals surface area (Å²) in [7, 11) is 0. The van der Waals surface area contributed by atoms with Crippen LogP contribution in [0, 0.1) is 11.2 Å². The van der Waals surface area contributed by atoms with E-state index >= 15 is 0 Å². The van der Waals surface area contributed by atoms with Crippen molar-refractivity contribution in [2.24, 2.45) is 5.41 Å². The molecule has 1 saturated carbocycles. The SMILES string of the molecule is O=C1Oc2ccccc2[C@@H]2[C@@H](c3ccccc3)C[C@]12C(=O)c1ccc(F)cc1. The van der Waals surface area contributed by atoms with E-state index in [4.69, 9.17) is 4.74 Å². The molecule has 0 unspecified atom stereocenters. The molecule has 4 heteroatoms. The van der Waals surface area contributed by atoms with Gasteiger partial charge in [0.25, 0.3) is 0 Å². The van der Waals surface area contributed by atoms with E-state index in [1.165, 1.54) is 24.3 Å². The monoisotopic (exact) mass is 372 g/mol. The number of halogens is 1. The Bertz CT molecular complexity index is 1070. The first-order chi connectivity index (χ1) is 13.6. The molecule has 0 N–H and O–H groups in total. The van der Waals surface area contributed by atoms with Gasteiger partial charge in [0.15, 0.2) is 5.78 Å². The summed E-state index contributed by atoms with van der Waals surface area (Å²) in [6.07, 6.45) is 0.380. The molecule has 0 spiro atoms. The molecule has 3 atom stereocenters. The third kappa shape index (κ3) is 2.27. The normalized spacial score (nSPS) is 25.1. The maximum Gasteiger partial charge on any atom is 0.326 e. The largest absolute Gasteiger partial charge is 0.425 e. The number of Topliss-reactive ketones (excluding diaryl/α,β-unsaturated/α-hetero) is 1. The van der Waals surface area contributed by atoms with Crippen LogP contribution in [-0.2, 0) is 4.79 Å². The minimum Gasteiger partial charge on any atom is -0.425 e. The molecule has 3 aromatic rings. The first-order valence-corrected chi connectivity index (χ1v) is 9.28. The fourth-order valence-electron chi connectivity index (χ4n) is 4.68. The van der Waals surface area contributed by atoms with Crippen molar-refractivity contribution in [1.82, 2.24) is 0 Å². The van der Waals surface area contributed by atoms with Crippen LogP contribution in [-0.4, -0.2) is 11.8 Å². The summed E-state index contributed by atoms with van der Waals surface area (Å²) in [4.78, 5) is 26.6. The van der Waals surface area contributed by atoms with Crippen LogP contribution in [0.2, 0.25) is 0 Å². The molecule has 5 rings (SSSR count). The molecule has 0 aromatic heterocycles. The molecule has 28 heavy (non-hydrogen) atoms. The zero-order valence-electron chi connectivity index (χ0n) is 15.0. The first-order valence-electron chi connectivity index (χ1n) is 9.28. The van der Waals surface area contributed by atoms with Crippen LogP contribution in [0.3, 0.4) is 0 Å². The van der Waals surface area contributed by atoms with Crippen LogP contribution >= 0.6 is 0 Å². The summed E-state index contributed by atoms with van der Waals surface area (Å²) in [5.41, 5.74) is 1.03. The predicted molar refractivity (Wildman–Crippen MR) is 102 cm³/mol. The van der Waals surface area contributed by atoms with E-state index in [0.29, 0.717) is 17.7 Å². The van der Waals surface area contributed by atoms with Gasteiger partial charge in [0, 0.05) is 17.0 Å². The van der Waals surface area contributed by atoms with Crippen molar-refractivity contribution in [3.8, 4) is 5.75 Å². The minimum absolute atomic E-state index is 0.0413. The van der Waals surface area contributed by atoms with E-state index in [9.17, 15) is 14.0 Å². The van der Waals surface area contributed by atoms with Crippen molar-refractivity contribution in [1.29, 1.82) is 0 Å². The second kappa shape index (κ2) is 6.13. The van der Waals surface area contributed by atoms with Crippen LogP contribution in [0.15, 0.2) is 78.9 Å². The van der Waals surface area contributed by atoms with Gasteiger partial charge >= 0.3 is 5.97 Å². The van der Waals surface area contributed by atoms with Gasteiger partial charge in [-0.25, -0.2) is 4.39 Å². The molecular weight excluding hydrogens is 355 g/mol. The Hall–Kier alpha value is -3.27. The second-order valence-electron chi connectivity index (χ2n) is 7.43. The standard InChI is InChI=1S/C24H17FO3/c25-17-12-10-16(11-13-17)22(26)24-14-19(15-6-2-1-3-7-15)21(24)18-8-4-5-9-20(18)28-23(24)27/h1-13,19,21H,14H2/t19-,21-,24+/m1/s1. The number of benzene rings is 3. The van der Waals surface area contributed by atoms with Crippen LogP contribution in [0.1, 0.15) is 39.7 Å². The Morgan fingerprint density at radius 1 is 0.929 bits per heavy atom. The number of fused-ring (bicyclic) bond motifs is 3. The highest BCUT2D eigenvalue weighted by Gasteiger charge is 2.67. The molecule has 3 nitrogen and oxygen atoms in total. The van der Waals surface area contributed by atoms with Gasteiger partial charge in [0.05, 0.1) is 0 Å². The Kier molecular flexibility index (Phi) is 3.69. The van der Waals surface area contributed by atoms with E-state index in [2.05, 4.69) is 0 Å². The number of carbonyl (C=O) groups is 2. The summed E-state index contributed by atoms with van der Waals surface area (Å²) in [6.45, 7) is 0. The lowest BCUT2D eigenvalue weighted by Gasteiger charge is -2.54. The maximum atomic E-state index is 13.5. The van der Waals surface area contributed by atoms with Gasteiger partial charge in [0.1, 0.15) is 17.0 Å². The molecule has 1 heterocycles. The molecule has 1 fully saturated rings. The average molecular weight is 372 g/mol. The zero-order valence-corrected chi connectivity index (χ0v) is 15.0. The average Bonchev–Trinajstić information content (AvgIpc) is 2.69. The number of carbonyl (C=O) groups excluding carboxylic acids is 2. The van der Waals surface area contributed by atoms with E-state index in [0.717, 1.165) is 11.1 Å². The number of hydrogen-bond acceptors (Lipinski definition) is 3. The van der Waals surface area contributed by atoms with Crippen molar-refractivity contribution in [3.05, 3.63) is 101 Å².